The van der Waals surface area contributed by atoms with Crippen LogP contribution in [0.3, 0.4) is 0 Å². The van der Waals surface area contributed by atoms with Crippen LogP contribution in [-0.2, 0) is 9.53 Å². The van der Waals surface area contributed by atoms with E-state index in [0.717, 1.165) is 12.8 Å². The van der Waals surface area contributed by atoms with Crippen LogP contribution in [0.15, 0.2) is 0 Å². The highest BCUT2D eigenvalue weighted by Crippen LogP contribution is 2.85. The van der Waals surface area contributed by atoms with Gasteiger partial charge in [-0.15, -0.1) is 0 Å². The Labute approximate surface area is 104 Å². The van der Waals surface area contributed by atoms with Crippen molar-refractivity contribution in [3.05, 3.63) is 0 Å². The van der Waals surface area contributed by atoms with E-state index in [0.29, 0.717) is 10.8 Å². The third-order valence-electron chi connectivity index (χ3n) is 5.62. The number of esters is 1. The number of hydrogen-bond acceptors (Lipinski definition) is 2. The smallest absolute Gasteiger partial charge is 0.313 e. The molecule has 2 unspecified atom stereocenters. The van der Waals surface area contributed by atoms with Gasteiger partial charge in [-0.3, -0.25) is 4.79 Å². The molecule has 4 saturated carbocycles. The molecule has 0 aromatic rings. The van der Waals surface area contributed by atoms with Crippen LogP contribution in [0.5, 0.6) is 0 Å². The monoisotopic (exact) mass is 320 g/mol. The first-order valence-electron chi connectivity index (χ1n) is 5.58. The highest BCUT2D eigenvalue weighted by Gasteiger charge is 2.82. The van der Waals surface area contributed by atoms with E-state index in [1.807, 2.05) is 0 Å². The van der Waals surface area contributed by atoms with Gasteiger partial charge in [-0.25, -0.2) is 0 Å². The molecule has 3 heteroatoms. The maximum absolute atomic E-state index is 12.1. The van der Waals surface area contributed by atoms with Gasteiger partial charge in [0.05, 0.1) is 12.5 Å². The fraction of sp³-hybridized carbons (Fsp3) is 0.917. The van der Waals surface area contributed by atoms with Crippen LogP contribution < -0.4 is 0 Å². The van der Waals surface area contributed by atoms with Gasteiger partial charge >= 0.3 is 5.97 Å². The number of rotatable bonds is 1. The molecule has 0 aliphatic heterocycles. The minimum atomic E-state index is -0.161. The third kappa shape index (κ3) is 0.839. The second kappa shape index (κ2) is 2.39. The topological polar surface area (TPSA) is 26.3 Å². The van der Waals surface area contributed by atoms with Gasteiger partial charge in [-0.05, 0) is 36.5 Å². The summed E-state index contributed by atoms with van der Waals surface area (Å²) in [5.41, 5.74) is 0.594. The Morgan fingerprint density at radius 2 is 1.60 bits per heavy atom. The van der Waals surface area contributed by atoms with Crippen molar-refractivity contribution >= 4 is 28.6 Å². The van der Waals surface area contributed by atoms with Gasteiger partial charge in [0, 0.05) is 3.42 Å². The lowest BCUT2D eigenvalue weighted by Crippen LogP contribution is -2.41. The van der Waals surface area contributed by atoms with Crippen molar-refractivity contribution in [2.75, 3.05) is 7.11 Å². The molecule has 4 aliphatic carbocycles. The molecule has 4 rings (SSSR count). The minimum absolute atomic E-state index is 0.0434. The largest absolute Gasteiger partial charge is 0.469 e. The highest BCUT2D eigenvalue weighted by atomic mass is 127. The summed E-state index contributed by atoms with van der Waals surface area (Å²) in [6.07, 6.45) is 4.50. The number of methoxy groups -OCH3 is 1. The number of halogens is 1. The summed E-state index contributed by atoms with van der Waals surface area (Å²) in [7, 11) is 1.53. The molecule has 4 fully saturated rings. The zero-order valence-electron chi connectivity index (χ0n) is 9.52. The zero-order chi connectivity index (χ0) is 11.1. The Hall–Kier alpha value is 0.200. The molecule has 0 spiro atoms. The zero-order valence-corrected chi connectivity index (χ0v) is 11.7. The van der Waals surface area contributed by atoms with Crippen LogP contribution in [0.4, 0.5) is 0 Å². The molecule has 0 aromatic heterocycles. The maximum Gasteiger partial charge on any atom is 0.313 e. The second-order valence-electron chi connectivity index (χ2n) is 6.37. The van der Waals surface area contributed by atoms with Gasteiger partial charge in [0.2, 0.25) is 0 Å². The van der Waals surface area contributed by atoms with E-state index in [-0.39, 0.29) is 14.8 Å². The lowest BCUT2D eigenvalue weighted by Gasteiger charge is -2.33. The van der Waals surface area contributed by atoms with E-state index in [2.05, 4.69) is 36.4 Å². The molecule has 15 heavy (non-hydrogen) atoms. The highest BCUT2D eigenvalue weighted by molar-refractivity contribution is 14.1. The molecule has 0 N–H and O–H groups in total. The van der Waals surface area contributed by atoms with Gasteiger partial charge in [-0.2, -0.15) is 0 Å². The van der Waals surface area contributed by atoms with Crippen LogP contribution >= 0.6 is 22.6 Å². The Morgan fingerprint density at radius 1 is 1.13 bits per heavy atom. The number of carbonyl (C=O) groups excluding carboxylic acids is 1. The summed E-state index contributed by atoms with van der Waals surface area (Å²) in [6, 6.07) is 0. The molecular weight excluding hydrogens is 303 g/mol. The number of carbonyl (C=O) groups is 1. The number of alkyl halides is 1. The second-order valence-corrected chi connectivity index (χ2v) is 8.43. The summed E-state index contributed by atoms with van der Waals surface area (Å²) in [4.78, 5) is 12.1. The lowest BCUT2D eigenvalue weighted by atomic mass is 9.71. The fourth-order valence-corrected chi connectivity index (χ4v) is 7.14. The molecule has 4 atom stereocenters. The predicted octanol–water partition coefficient (Wildman–Crippen LogP) is 2.93. The normalized spacial score (nSPS) is 60.3. The summed E-state index contributed by atoms with van der Waals surface area (Å²) >= 11 is 2.55. The number of hydrogen-bond donors (Lipinski definition) is 0. The molecule has 0 heterocycles. The average molecular weight is 320 g/mol. The van der Waals surface area contributed by atoms with Crippen molar-refractivity contribution in [1.82, 2.24) is 0 Å². The summed E-state index contributed by atoms with van der Waals surface area (Å²) in [5.74, 6) is 0.0434. The van der Waals surface area contributed by atoms with Crippen LogP contribution in [0, 0.1) is 16.2 Å². The molecule has 84 valence electrons. The van der Waals surface area contributed by atoms with E-state index in [9.17, 15) is 4.79 Å². The fourth-order valence-electron chi connectivity index (χ4n) is 4.85. The first-order valence-corrected chi connectivity index (χ1v) is 6.66. The third-order valence-corrected chi connectivity index (χ3v) is 7.41. The van der Waals surface area contributed by atoms with Gasteiger partial charge in [0.1, 0.15) is 0 Å². The lowest BCUT2D eigenvalue weighted by molar-refractivity contribution is -0.152. The van der Waals surface area contributed by atoms with Gasteiger partial charge in [0.15, 0.2) is 0 Å². The molecule has 4 aliphatic rings. The van der Waals surface area contributed by atoms with Crippen LogP contribution in [0.2, 0.25) is 0 Å². The van der Waals surface area contributed by atoms with E-state index in [1.165, 1.54) is 20.0 Å². The average Bonchev–Trinajstić information content (AvgIpc) is 2.60. The molecule has 0 amide bonds. The van der Waals surface area contributed by atoms with Crippen molar-refractivity contribution in [2.45, 2.75) is 43.0 Å². The van der Waals surface area contributed by atoms with Crippen molar-refractivity contribution < 1.29 is 9.53 Å². The Bertz CT molecular complexity index is 345. The summed E-state index contributed by atoms with van der Waals surface area (Å²) < 4.78 is 5.25. The van der Waals surface area contributed by atoms with E-state index < -0.39 is 0 Å². The van der Waals surface area contributed by atoms with Crippen LogP contribution in [0.25, 0.3) is 0 Å². The quantitative estimate of drug-likeness (QED) is 0.422. The standard InChI is InChI=1S/C12H17IO2/c1-9-4-11(8(14)15-3)5-10(9,2)7-12(11,13)6-9/h4-7H2,1-3H3/t9-,10+,11?,12?. The Morgan fingerprint density at radius 3 is 1.87 bits per heavy atom. The summed E-state index contributed by atoms with van der Waals surface area (Å²) in [6.45, 7) is 4.73. The minimum Gasteiger partial charge on any atom is -0.469 e. The molecule has 2 nitrogen and oxygen atoms in total. The van der Waals surface area contributed by atoms with Crippen LogP contribution in [-0.4, -0.2) is 16.5 Å². The summed E-state index contributed by atoms with van der Waals surface area (Å²) in [5, 5.41) is 0. The maximum atomic E-state index is 12.1. The molecule has 4 bridgehead atoms. The molecule has 0 radical (unpaired) electrons. The predicted molar refractivity (Wildman–Crippen MR) is 65.9 cm³/mol. The van der Waals surface area contributed by atoms with Crippen molar-refractivity contribution in [3.63, 3.8) is 0 Å². The van der Waals surface area contributed by atoms with Crippen LogP contribution in [0.1, 0.15) is 39.5 Å². The number of ether oxygens (including phenoxy) is 1. The molecule has 0 saturated heterocycles. The van der Waals surface area contributed by atoms with Crippen molar-refractivity contribution in [3.8, 4) is 0 Å². The van der Waals surface area contributed by atoms with Crippen molar-refractivity contribution in [2.24, 2.45) is 16.2 Å². The Kier molecular flexibility index (Phi) is 1.65. The van der Waals surface area contributed by atoms with Gasteiger partial charge in [0.25, 0.3) is 0 Å². The van der Waals surface area contributed by atoms with E-state index in [1.54, 1.807) is 0 Å². The van der Waals surface area contributed by atoms with Gasteiger partial charge in [-0.1, -0.05) is 36.4 Å². The van der Waals surface area contributed by atoms with Crippen molar-refractivity contribution in [1.29, 1.82) is 0 Å². The SMILES string of the molecule is COC(=O)C12C[C@]3(C)CC1(I)C[C@]3(C)C2. The van der Waals surface area contributed by atoms with E-state index >= 15 is 0 Å². The first-order chi connectivity index (χ1) is 6.81. The first kappa shape index (κ1) is 10.4. The van der Waals surface area contributed by atoms with E-state index in [4.69, 9.17) is 4.74 Å². The molecule has 0 aromatic carbocycles. The van der Waals surface area contributed by atoms with Gasteiger partial charge < -0.3 is 4.74 Å². The molecular formula is C12H17IO2. The Balaban J connectivity index is 2.14.